The average Bonchev–Trinajstić information content (AvgIpc) is 3.82. The van der Waals surface area contributed by atoms with Gasteiger partial charge in [0.1, 0.15) is 30.3 Å². The molecule has 0 radical (unpaired) electrons. The third-order valence-corrected chi connectivity index (χ3v) is 16.7. The molecule has 3 saturated heterocycles. The van der Waals surface area contributed by atoms with Crippen LogP contribution in [0.3, 0.4) is 0 Å². The predicted molar refractivity (Wildman–Crippen MR) is 257 cm³/mol. The van der Waals surface area contributed by atoms with Gasteiger partial charge in [-0.2, -0.15) is 9.65 Å². The van der Waals surface area contributed by atoms with E-state index in [2.05, 4.69) is 54.6 Å². The largest absolute Gasteiger partial charge is 0.489 e. The molecular formula is C51H64ClFN6O8S. The van der Waals surface area contributed by atoms with Gasteiger partial charge in [0.2, 0.25) is 17.6 Å². The summed E-state index contributed by atoms with van der Waals surface area (Å²) in [6.07, 6.45) is 5.86. The normalized spacial score (nSPS) is 26.0. The lowest BCUT2D eigenvalue weighted by molar-refractivity contribution is -0.175. The summed E-state index contributed by atoms with van der Waals surface area (Å²) in [4.78, 5) is 30.6. The highest BCUT2D eigenvalue weighted by atomic mass is 35.5. The number of benzene rings is 3. The number of ether oxygens (including phenoxy) is 4. The fourth-order valence-corrected chi connectivity index (χ4v) is 12.3. The minimum absolute atomic E-state index is 0.000266. The van der Waals surface area contributed by atoms with Crippen LogP contribution in [0.4, 0.5) is 4.39 Å². The summed E-state index contributed by atoms with van der Waals surface area (Å²) in [5.41, 5.74) is 1.73. The fourth-order valence-electron chi connectivity index (χ4n) is 11.2. The van der Waals surface area contributed by atoms with E-state index in [1.807, 2.05) is 0 Å². The van der Waals surface area contributed by atoms with Crippen LogP contribution in [0.2, 0.25) is 5.02 Å². The molecule has 4 atom stereocenters. The van der Waals surface area contributed by atoms with Crippen LogP contribution in [-0.4, -0.2) is 113 Å². The molecule has 366 valence electrons. The van der Waals surface area contributed by atoms with E-state index in [1.54, 1.807) is 68.7 Å². The number of nitriles is 1. The van der Waals surface area contributed by atoms with Crippen molar-refractivity contribution in [3.63, 3.8) is 0 Å². The van der Waals surface area contributed by atoms with Crippen molar-refractivity contribution < 1.29 is 41.3 Å². The van der Waals surface area contributed by atoms with E-state index in [-0.39, 0.29) is 95.1 Å². The lowest BCUT2D eigenvalue weighted by Crippen LogP contribution is -2.75. The number of piperidine rings is 2. The zero-order valence-electron chi connectivity index (χ0n) is 39.8. The molecule has 0 aromatic heterocycles. The molecule has 5 aliphatic rings. The van der Waals surface area contributed by atoms with Crippen molar-refractivity contribution in [3.8, 4) is 29.1 Å². The molecule has 0 spiro atoms. The highest BCUT2D eigenvalue weighted by molar-refractivity contribution is 7.90. The first-order valence-electron chi connectivity index (χ1n) is 23.8. The van der Waals surface area contributed by atoms with Crippen LogP contribution >= 0.6 is 11.6 Å². The number of rotatable bonds is 16. The van der Waals surface area contributed by atoms with Crippen molar-refractivity contribution in [1.29, 1.82) is 5.26 Å². The number of nitrogens with one attached hydrogen (secondary N) is 3. The number of hydrogen-bond donors (Lipinski definition) is 3. The van der Waals surface area contributed by atoms with Crippen molar-refractivity contribution in [3.05, 3.63) is 88.3 Å². The highest BCUT2D eigenvalue weighted by Crippen LogP contribution is 2.56. The van der Waals surface area contributed by atoms with Gasteiger partial charge in [0.15, 0.2) is 21.3 Å². The molecule has 4 heterocycles. The predicted octanol–water partition coefficient (Wildman–Crippen LogP) is 7.05. The Balaban J connectivity index is 0.789. The highest BCUT2D eigenvalue weighted by Gasteiger charge is 2.64. The van der Waals surface area contributed by atoms with Gasteiger partial charge >= 0.3 is 0 Å². The Bertz CT molecular complexity index is 2540. The maximum absolute atomic E-state index is 16.0. The van der Waals surface area contributed by atoms with Gasteiger partial charge in [-0.05, 0) is 86.2 Å². The minimum atomic E-state index is -3.34. The maximum Gasteiger partial charge on any atom is 0.244 e. The van der Waals surface area contributed by atoms with Gasteiger partial charge in [0.25, 0.3) is 0 Å². The average molecular weight is 976 g/mol. The fraction of sp³-hybridized carbons (Fsp3) is 0.549. The molecular weight excluding hydrogens is 911 g/mol. The first-order valence-corrected chi connectivity index (χ1v) is 26.0. The molecule has 3 aromatic rings. The van der Waals surface area contributed by atoms with Gasteiger partial charge in [-0.3, -0.25) is 14.5 Å². The van der Waals surface area contributed by atoms with Crippen molar-refractivity contribution in [2.45, 2.75) is 103 Å². The lowest BCUT2D eigenvalue weighted by atomic mass is 9.49. The number of amides is 2. The van der Waals surface area contributed by atoms with E-state index in [4.69, 9.17) is 30.5 Å². The molecule has 2 amide bonds. The number of likely N-dealkylation sites (N-methyl/N-ethyl adjacent to an activating group) is 1. The van der Waals surface area contributed by atoms with Crippen LogP contribution in [0.25, 0.3) is 5.57 Å². The molecule has 3 aromatic carbocycles. The summed E-state index contributed by atoms with van der Waals surface area (Å²) < 4.78 is 66.0. The molecule has 0 bridgehead atoms. The number of sulfone groups is 1. The Morgan fingerprint density at radius 1 is 0.971 bits per heavy atom. The zero-order chi connectivity index (χ0) is 48.5. The smallest absolute Gasteiger partial charge is 0.244 e. The Morgan fingerprint density at radius 3 is 2.41 bits per heavy atom. The number of carbonyl (C=O) groups excluding carboxylic acids is 2. The standard InChI is InChI=1S/C51H64ClFN6O8S/c1-7-68(62,63)30-31-11-15-40(37(25-31)38-29-58(6)47(61)45-36(38)17-20-55-45)67-42-10-8-9-41(44(42)53)65-24-23-64-34-18-21-59(22-19-34)43-16-13-33(28-56-43)46(60)57-48-50(2,3)49(51(48,4)5)66-35-14-12-32(27-54)39(52)26-35/h8-12,14-15,25-26,29,33-34,36,43,45,48-49,55-56H,7,13,16-24,28,30H2,1-6H3,(H,57,60). The van der Waals surface area contributed by atoms with E-state index >= 15 is 4.39 Å². The first kappa shape index (κ1) is 49.7. The number of fused-ring (bicyclic) bond motifs is 1. The molecule has 3 N–H and O–H groups in total. The van der Waals surface area contributed by atoms with Crippen molar-refractivity contribution in [2.75, 3.05) is 52.2 Å². The number of likely N-dealkylation sites (tertiary alicyclic amines) is 1. The Morgan fingerprint density at radius 2 is 1.72 bits per heavy atom. The molecule has 8 rings (SSSR count). The number of halogens is 2. The summed E-state index contributed by atoms with van der Waals surface area (Å²) >= 11 is 6.27. The molecule has 17 heteroatoms. The lowest BCUT2D eigenvalue weighted by Gasteiger charge is -2.63. The summed E-state index contributed by atoms with van der Waals surface area (Å²) in [6, 6.07) is 16.5. The third-order valence-electron chi connectivity index (χ3n) is 14.7. The molecule has 1 saturated carbocycles. The monoisotopic (exact) mass is 974 g/mol. The quantitative estimate of drug-likeness (QED) is 0.125. The van der Waals surface area contributed by atoms with Crippen molar-refractivity contribution in [2.24, 2.45) is 22.7 Å². The van der Waals surface area contributed by atoms with Crippen molar-refractivity contribution in [1.82, 2.24) is 25.8 Å². The molecule has 68 heavy (non-hydrogen) atoms. The maximum atomic E-state index is 16.0. The number of carbonyl (C=O) groups is 2. The van der Waals surface area contributed by atoms with Crippen LogP contribution in [-0.2, 0) is 29.9 Å². The van der Waals surface area contributed by atoms with E-state index in [0.29, 0.717) is 52.7 Å². The van der Waals surface area contributed by atoms with Gasteiger partial charge < -0.3 is 39.8 Å². The van der Waals surface area contributed by atoms with Gasteiger partial charge in [-0.25, -0.2) is 8.42 Å². The van der Waals surface area contributed by atoms with E-state index in [0.717, 1.165) is 44.3 Å². The van der Waals surface area contributed by atoms with Gasteiger partial charge in [-0.1, -0.05) is 58.4 Å². The molecule has 14 nitrogen and oxygen atoms in total. The second-order valence-electron chi connectivity index (χ2n) is 20.0. The van der Waals surface area contributed by atoms with Crippen molar-refractivity contribution >= 4 is 38.8 Å². The number of hydrogen-bond acceptors (Lipinski definition) is 12. The van der Waals surface area contributed by atoms with Crippen LogP contribution in [0.5, 0.6) is 23.0 Å². The summed E-state index contributed by atoms with van der Waals surface area (Å²) in [5, 5.41) is 19.9. The van der Waals surface area contributed by atoms with Crippen LogP contribution in [0, 0.1) is 39.8 Å². The van der Waals surface area contributed by atoms with Gasteiger partial charge in [-0.15, -0.1) is 0 Å². The Kier molecular flexibility index (Phi) is 14.8. The Labute approximate surface area is 404 Å². The van der Waals surface area contributed by atoms with Crippen LogP contribution < -0.4 is 30.2 Å². The summed E-state index contributed by atoms with van der Waals surface area (Å²) in [6.45, 7) is 13.4. The third kappa shape index (κ3) is 10.4. The van der Waals surface area contributed by atoms with E-state index in [1.165, 1.54) is 11.0 Å². The number of nitrogens with zero attached hydrogens (tertiary/aromatic N) is 3. The Hall–Kier alpha value is -4.76. The topological polar surface area (TPSA) is 172 Å². The van der Waals surface area contributed by atoms with Crippen LogP contribution in [0.15, 0.2) is 60.8 Å². The van der Waals surface area contributed by atoms with Gasteiger partial charge in [0.05, 0.1) is 47.2 Å². The van der Waals surface area contributed by atoms with E-state index < -0.39 is 21.7 Å². The minimum Gasteiger partial charge on any atom is -0.489 e. The second-order valence-corrected chi connectivity index (χ2v) is 22.8. The molecule has 4 fully saturated rings. The summed E-state index contributed by atoms with van der Waals surface area (Å²) in [7, 11) is -1.65. The second kappa shape index (κ2) is 20.3. The van der Waals surface area contributed by atoms with Gasteiger partial charge in [0, 0.05) is 73.1 Å². The molecule has 1 aliphatic carbocycles. The SMILES string of the molecule is CCS(=O)(=O)Cc1ccc(Oc2cccc(OCCOC3CCN(C4CCC(C(=O)NC5C(C)(C)C(Oc6ccc(C#N)c(Cl)c6)C5(C)C)CN4)CC3)c2F)c(C2=CN(C)C(=O)C3NCCC23)c1. The summed E-state index contributed by atoms with van der Waals surface area (Å²) in [5.74, 6) is -0.179. The van der Waals surface area contributed by atoms with Crippen LogP contribution in [0.1, 0.15) is 83.4 Å². The van der Waals surface area contributed by atoms with E-state index in [9.17, 15) is 23.3 Å². The first-order chi connectivity index (χ1) is 32.4. The molecule has 4 aliphatic heterocycles. The molecule has 4 unspecified atom stereocenters. The zero-order valence-corrected chi connectivity index (χ0v) is 41.4.